The van der Waals surface area contributed by atoms with Crippen LogP contribution in [0.15, 0.2) is 27.4 Å². The smallest absolute Gasteiger partial charge is 0.408 e. The van der Waals surface area contributed by atoms with E-state index in [1.807, 2.05) is 6.92 Å². The quantitative estimate of drug-likeness (QED) is 0.762. The van der Waals surface area contributed by atoms with E-state index in [4.69, 9.17) is 10.2 Å². The first kappa shape index (κ1) is 13.4. The molecule has 0 bridgehead atoms. The van der Waals surface area contributed by atoms with Gasteiger partial charge in [-0.1, -0.05) is 19.8 Å². The number of amides is 1. The van der Waals surface area contributed by atoms with E-state index >= 15 is 0 Å². The number of H-pyrrole nitrogens is 1. The molecule has 1 aromatic carbocycles. The number of fused-ring (bicyclic) bond motifs is 1. The molecule has 2 aromatic rings. The number of benzene rings is 1. The third kappa shape index (κ3) is 3.23. The number of aromatic nitrogens is 1. The second kappa shape index (κ2) is 5.71. The first-order valence-electron chi connectivity index (χ1n) is 6.29. The van der Waals surface area contributed by atoms with Crippen molar-refractivity contribution in [1.82, 2.24) is 4.98 Å². The Bertz CT molecular complexity index is 629. The molecule has 2 rings (SSSR count). The predicted molar refractivity (Wildman–Crippen MR) is 73.0 cm³/mol. The van der Waals surface area contributed by atoms with Gasteiger partial charge in [-0.25, -0.2) is 4.79 Å². The summed E-state index contributed by atoms with van der Waals surface area (Å²) in [6.07, 6.45) is 2.58. The van der Waals surface area contributed by atoms with E-state index in [1.165, 1.54) is 0 Å². The highest BCUT2D eigenvalue weighted by molar-refractivity contribution is 5.96. The van der Waals surface area contributed by atoms with Gasteiger partial charge in [-0.2, -0.15) is 0 Å². The minimum absolute atomic E-state index is 0.223. The number of unbranched alkanes of at least 4 members (excludes halogenated alkanes) is 1. The molecule has 102 valence electrons. The van der Waals surface area contributed by atoms with E-state index in [0.717, 1.165) is 12.8 Å². The van der Waals surface area contributed by atoms with Crippen molar-refractivity contribution in [3.63, 3.8) is 0 Å². The molecule has 0 radical (unpaired) electrons. The normalized spacial score (nSPS) is 12.5. The van der Waals surface area contributed by atoms with Crippen molar-refractivity contribution in [2.75, 3.05) is 5.32 Å². The minimum atomic E-state index is -0.516. The van der Waals surface area contributed by atoms with Crippen LogP contribution in [0.2, 0.25) is 0 Å². The molecule has 1 atom stereocenters. The highest BCUT2D eigenvalue weighted by Gasteiger charge is 2.13. The first-order chi connectivity index (χ1) is 9.10. The van der Waals surface area contributed by atoms with Gasteiger partial charge in [0.25, 0.3) is 0 Å². The maximum atomic E-state index is 11.8. The van der Waals surface area contributed by atoms with Gasteiger partial charge >= 0.3 is 5.76 Å². The van der Waals surface area contributed by atoms with Gasteiger partial charge in [0.15, 0.2) is 5.58 Å². The molecule has 4 N–H and O–H groups in total. The molecule has 19 heavy (non-hydrogen) atoms. The van der Waals surface area contributed by atoms with E-state index in [9.17, 15) is 9.59 Å². The van der Waals surface area contributed by atoms with Gasteiger partial charge in [0.1, 0.15) is 0 Å². The number of aromatic amines is 1. The number of rotatable bonds is 5. The molecule has 1 amide bonds. The minimum Gasteiger partial charge on any atom is -0.408 e. The van der Waals surface area contributed by atoms with Gasteiger partial charge in [-0.15, -0.1) is 0 Å². The molecule has 6 nitrogen and oxygen atoms in total. The van der Waals surface area contributed by atoms with Crippen molar-refractivity contribution in [2.45, 2.75) is 32.2 Å². The lowest BCUT2D eigenvalue weighted by Gasteiger charge is -2.11. The average molecular weight is 263 g/mol. The zero-order valence-electron chi connectivity index (χ0n) is 10.7. The molecule has 0 fully saturated rings. The fraction of sp³-hybridized carbons (Fsp3) is 0.385. The summed E-state index contributed by atoms with van der Waals surface area (Å²) in [6.45, 7) is 2.05. The zero-order chi connectivity index (χ0) is 13.8. The van der Waals surface area contributed by atoms with Crippen molar-refractivity contribution in [3.8, 4) is 0 Å². The van der Waals surface area contributed by atoms with Crippen LogP contribution < -0.4 is 16.8 Å². The van der Waals surface area contributed by atoms with Crippen molar-refractivity contribution in [1.29, 1.82) is 0 Å². The largest absolute Gasteiger partial charge is 0.417 e. The first-order valence-corrected chi connectivity index (χ1v) is 6.29. The molecular formula is C13H17N3O3. The summed E-state index contributed by atoms with van der Waals surface area (Å²) in [5.74, 6) is -0.739. The Hall–Kier alpha value is -2.08. The van der Waals surface area contributed by atoms with Gasteiger partial charge < -0.3 is 15.5 Å². The van der Waals surface area contributed by atoms with Gasteiger partial charge in [0.2, 0.25) is 5.91 Å². The van der Waals surface area contributed by atoms with Crippen molar-refractivity contribution < 1.29 is 9.21 Å². The van der Waals surface area contributed by atoms with Crippen LogP contribution in [0, 0.1) is 0 Å². The topological polar surface area (TPSA) is 101 Å². The van der Waals surface area contributed by atoms with Crippen LogP contribution in [0.25, 0.3) is 11.1 Å². The van der Waals surface area contributed by atoms with E-state index in [-0.39, 0.29) is 5.91 Å². The van der Waals surface area contributed by atoms with Gasteiger partial charge in [0, 0.05) is 5.69 Å². The number of nitrogens with two attached hydrogens (primary N) is 1. The number of oxazole rings is 1. The molecule has 1 unspecified atom stereocenters. The highest BCUT2D eigenvalue weighted by atomic mass is 16.4. The summed E-state index contributed by atoms with van der Waals surface area (Å²) in [5, 5.41) is 2.72. The summed E-state index contributed by atoms with van der Waals surface area (Å²) in [5.41, 5.74) is 7.37. The number of carbonyl (C=O) groups excluding carboxylic acids is 1. The summed E-state index contributed by atoms with van der Waals surface area (Å²) < 4.78 is 4.88. The zero-order valence-corrected chi connectivity index (χ0v) is 10.7. The van der Waals surface area contributed by atoms with Crippen molar-refractivity contribution in [3.05, 3.63) is 28.7 Å². The lowest BCUT2D eigenvalue weighted by atomic mass is 10.1. The fourth-order valence-corrected chi connectivity index (χ4v) is 1.82. The Morgan fingerprint density at radius 3 is 3.05 bits per heavy atom. The molecule has 0 saturated carbocycles. The van der Waals surface area contributed by atoms with Gasteiger partial charge in [-0.05, 0) is 24.6 Å². The molecule has 0 spiro atoms. The van der Waals surface area contributed by atoms with Crippen molar-refractivity contribution in [2.24, 2.45) is 5.73 Å². The number of carbonyl (C=O) groups is 1. The van der Waals surface area contributed by atoms with Crippen molar-refractivity contribution >= 4 is 22.7 Å². The average Bonchev–Trinajstić information content (AvgIpc) is 2.75. The van der Waals surface area contributed by atoms with E-state index in [1.54, 1.807) is 18.2 Å². The summed E-state index contributed by atoms with van der Waals surface area (Å²) in [4.78, 5) is 25.4. The Morgan fingerprint density at radius 2 is 2.32 bits per heavy atom. The highest BCUT2D eigenvalue weighted by Crippen LogP contribution is 2.16. The molecule has 6 heteroatoms. The molecule has 0 aliphatic carbocycles. The molecule has 0 saturated heterocycles. The van der Waals surface area contributed by atoms with Crippen LogP contribution in [-0.4, -0.2) is 16.9 Å². The standard InChI is InChI=1S/C13H17N3O3/c1-2-3-4-9(14)12(17)15-8-5-6-11-10(7-8)16-13(18)19-11/h5-7,9H,2-4,14H2,1H3,(H,15,17)(H,16,18). The van der Waals surface area contributed by atoms with Crippen LogP contribution in [0.1, 0.15) is 26.2 Å². The fourth-order valence-electron chi connectivity index (χ4n) is 1.82. The Morgan fingerprint density at radius 1 is 1.53 bits per heavy atom. The summed E-state index contributed by atoms with van der Waals surface area (Å²) >= 11 is 0. The van der Waals surface area contributed by atoms with E-state index in [0.29, 0.717) is 23.2 Å². The van der Waals surface area contributed by atoms with Crippen LogP contribution >= 0.6 is 0 Å². The third-order valence-electron chi connectivity index (χ3n) is 2.89. The Labute approximate surface area is 110 Å². The SMILES string of the molecule is CCCCC(N)C(=O)Nc1ccc2oc(=O)[nH]c2c1. The predicted octanol–water partition coefficient (Wildman–Crippen LogP) is 1.58. The molecule has 0 aliphatic rings. The van der Waals surface area contributed by atoms with E-state index < -0.39 is 11.8 Å². The van der Waals surface area contributed by atoms with Crippen LogP contribution in [0.5, 0.6) is 0 Å². The number of hydrogen-bond acceptors (Lipinski definition) is 4. The number of anilines is 1. The number of hydrogen-bond donors (Lipinski definition) is 3. The maximum absolute atomic E-state index is 11.8. The lowest BCUT2D eigenvalue weighted by Crippen LogP contribution is -2.35. The molecule has 0 aliphatic heterocycles. The van der Waals surface area contributed by atoms with Gasteiger partial charge in [0.05, 0.1) is 11.6 Å². The number of nitrogens with one attached hydrogen (secondary N) is 2. The van der Waals surface area contributed by atoms with Gasteiger partial charge in [-0.3, -0.25) is 9.78 Å². The molecule has 1 aromatic heterocycles. The monoisotopic (exact) mass is 263 g/mol. The van der Waals surface area contributed by atoms with Crippen LogP contribution in [0.3, 0.4) is 0 Å². The second-order valence-electron chi connectivity index (χ2n) is 4.46. The Kier molecular flexibility index (Phi) is 4.01. The second-order valence-corrected chi connectivity index (χ2v) is 4.46. The summed E-state index contributed by atoms with van der Waals surface area (Å²) in [6, 6.07) is 4.42. The molecule has 1 heterocycles. The van der Waals surface area contributed by atoms with Crippen LogP contribution in [0.4, 0.5) is 5.69 Å². The molecular weight excluding hydrogens is 246 g/mol. The third-order valence-corrected chi connectivity index (χ3v) is 2.89. The summed E-state index contributed by atoms with van der Waals surface area (Å²) in [7, 11) is 0. The van der Waals surface area contributed by atoms with E-state index in [2.05, 4.69) is 10.3 Å². The van der Waals surface area contributed by atoms with Crippen LogP contribution in [-0.2, 0) is 4.79 Å². The maximum Gasteiger partial charge on any atom is 0.417 e. The lowest BCUT2D eigenvalue weighted by molar-refractivity contribution is -0.117. The Balaban J connectivity index is 2.08.